The molecule has 0 radical (unpaired) electrons. The SMILES string of the molecule is O=C(Nc1cnc(C2CC2)nc1)N[C@H]1C[C@H]2CC[C@H]1O2. The Kier molecular flexibility index (Phi) is 2.84. The molecule has 2 saturated heterocycles. The molecule has 4 rings (SSSR count). The van der Waals surface area contributed by atoms with Gasteiger partial charge in [-0.05, 0) is 32.1 Å². The van der Waals surface area contributed by atoms with Crippen molar-refractivity contribution < 1.29 is 9.53 Å². The molecule has 1 aromatic rings. The van der Waals surface area contributed by atoms with Crippen molar-refractivity contribution in [2.45, 2.75) is 56.3 Å². The summed E-state index contributed by atoms with van der Waals surface area (Å²) in [7, 11) is 0. The predicted molar refractivity (Wildman–Crippen MR) is 72.5 cm³/mol. The summed E-state index contributed by atoms with van der Waals surface area (Å²) >= 11 is 0. The molecule has 2 aliphatic heterocycles. The van der Waals surface area contributed by atoms with Crippen LogP contribution >= 0.6 is 0 Å². The summed E-state index contributed by atoms with van der Waals surface area (Å²) < 4.78 is 5.72. The average molecular weight is 274 g/mol. The number of nitrogens with one attached hydrogen (secondary N) is 2. The topological polar surface area (TPSA) is 76.1 Å². The molecule has 106 valence electrons. The third kappa shape index (κ3) is 2.35. The Morgan fingerprint density at radius 3 is 2.60 bits per heavy atom. The van der Waals surface area contributed by atoms with Gasteiger partial charge in [0.05, 0.1) is 36.3 Å². The van der Waals surface area contributed by atoms with Gasteiger partial charge in [-0.25, -0.2) is 14.8 Å². The zero-order valence-electron chi connectivity index (χ0n) is 11.2. The Hall–Kier alpha value is -1.69. The molecule has 6 heteroatoms. The number of hydrogen-bond acceptors (Lipinski definition) is 4. The highest BCUT2D eigenvalue weighted by atomic mass is 16.5. The lowest BCUT2D eigenvalue weighted by atomic mass is 9.96. The van der Waals surface area contributed by atoms with Crippen LogP contribution in [0.4, 0.5) is 10.5 Å². The van der Waals surface area contributed by atoms with Crippen molar-refractivity contribution in [3.63, 3.8) is 0 Å². The number of urea groups is 1. The Balaban J connectivity index is 1.32. The van der Waals surface area contributed by atoms with E-state index in [1.165, 1.54) is 12.8 Å². The van der Waals surface area contributed by atoms with Crippen molar-refractivity contribution in [1.29, 1.82) is 0 Å². The summed E-state index contributed by atoms with van der Waals surface area (Å²) in [5, 5.41) is 5.76. The van der Waals surface area contributed by atoms with Crippen LogP contribution in [0, 0.1) is 0 Å². The third-order valence-electron chi connectivity index (χ3n) is 4.29. The summed E-state index contributed by atoms with van der Waals surface area (Å²) in [4.78, 5) is 20.5. The summed E-state index contributed by atoms with van der Waals surface area (Å²) in [5.41, 5.74) is 0.635. The van der Waals surface area contributed by atoms with Crippen molar-refractivity contribution >= 4 is 11.7 Å². The van der Waals surface area contributed by atoms with E-state index in [9.17, 15) is 4.79 Å². The van der Waals surface area contributed by atoms with Gasteiger partial charge < -0.3 is 15.4 Å². The highest BCUT2D eigenvalue weighted by Gasteiger charge is 2.41. The van der Waals surface area contributed by atoms with Crippen LogP contribution in [0.25, 0.3) is 0 Å². The number of amides is 2. The molecular formula is C14H18N4O2. The molecule has 2 amide bonds. The number of fused-ring (bicyclic) bond motifs is 2. The minimum Gasteiger partial charge on any atom is -0.373 e. The van der Waals surface area contributed by atoms with Gasteiger partial charge in [0, 0.05) is 5.92 Å². The van der Waals surface area contributed by atoms with E-state index < -0.39 is 0 Å². The Labute approximate surface area is 117 Å². The second kappa shape index (κ2) is 4.70. The predicted octanol–water partition coefficient (Wildman–Crippen LogP) is 1.80. The van der Waals surface area contributed by atoms with Gasteiger partial charge in [-0.2, -0.15) is 0 Å². The molecule has 20 heavy (non-hydrogen) atoms. The second-order valence-electron chi connectivity index (χ2n) is 5.92. The highest BCUT2D eigenvalue weighted by molar-refractivity contribution is 5.89. The second-order valence-corrected chi connectivity index (χ2v) is 5.92. The van der Waals surface area contributed by atoms with Gasteiger partial charge >= 0.3 is 6.03 Å². The first-order valence-corrected chi connectivity index (χ1v) is 7.33. The summed E-state index contributed by atoms with van der Waals surface area (Å²) in [5.74, 6) is 1.42. The van der Waals surface area contributed by atoms with Gasteiger partial charge in [0.15, 0.2) is 0 Å². The van der Waals surface area contributed by atoms with Crippen LogP contribution in [0.2, 0.25) is 0 Å². The standard InChI is InChI=1S/C14H18N4O2/c19-14(18-11-5-10-3-4-12(11)20-10)17-9-6-15-13(16-7-9)8-1-2-8/h6-8,10-12H,1-5H2,(H2,17,18,19)/t10-,11+,12-/m1/s1. The molecule has 6 nitrogen and oxygen atoms in total. The number of aromatic nitrogens is 2. The Morgan fingerprint density at radius 1 is 1.20 bits per heavy atom. The monoisotopic (exact) mass is 274 g/mol. The molecule has 1 saturated carbocycles. The Morgan fingerprint density at radius 2 is 2.00 bits per heavy atom. The molecule has 0 unspecified atom stereocenters. The van der Waals surface area contributed by atoms with Crippen LogP contribution in [-0.2, 0) is 4.74 Å². The van der Waals surface area contributed by atoms with Gasteiger partial charge in [0.1, 0.15) is 5.82 Å². The molecule has 1 aliphatic carbocycles. The van der Waals surface area contributed by atoms with Crippen molar-refractivity contribution in [2.24, 2.45) is 0 Å². The van der Waals surface area contributed by atoms with E-state index in [0.29, 0.717) is 17.7 Å². The van der Waals surface area contributed by atoms with Gasteiger partial charge in [-0.3, -0.25) is 0 Å². The molecule has 2 N–H and O–H groups in total. The lowest BCUT2D eigenvalue weighted by Crippen LogP contribution is -2.43. The normalized spacial score (nSPS) is 31.3. The van der Waals surface area contributed by atoms with Crippen LogP contribution < -0.4 is 10.6 Å². The lowest BCUT2D eigenvalue weighted by molar-refractivity contribution is 0.0984. The molecule has 0 aromatic carbocycles. The van der Waals surface area contributed by atoms with Gasteiger partial charge in [0.2, 0.25) is 0 Å². The molecule has 3 fully saturated rings. The zero-order chi connectivity index (χ0) is 13.5. The molecule has 1 aromatic heterocycles. The molecule has 0 spiro atoms. The smallest absolute Gasteiger partial charge is 0.319 e. The van der Waals surface area contributed by atoms with Gasteiger partial charge in [-0.15, -0.1) is 0 Å². The molecule has 3 heterocycles. The number of hydrogen-bond donors (Lipinski definition) is 2. The number of ether oxygens (including phenoxy) is 1. The number of carbonyl (C=O) groups is 1. The fourth-order valence-electron chi connectivity index (χ4n) is 3.08. The van der Waals surface area contributed by atoms with E-state index in [2.05, 4.69) is 20.6 Å². The number of nitrogens with zero attached hydrogens (tertiary/aromatic N) is 2. The first-order chi connectivity index (χ1) is 9.78. The molecule has 3 atom stereocenters. The quantitative estimate of drug-likeness (QED) is 0.881. The molecule has 3 aliphatic rings. The maximum absolute atomic E-state index is 11.9. The van der Waals surface area contributed by atoms with Crippen LogP contribution in [0.3, 0.4) is 0 Å². The van der Waals surface area contributed by atoms with Crippen molar-refractivity contribution in [3.8, 4) is 0 Å². The van der Waals surface area contributed by atoms with E-state index in [4.69, 9.17) is 4.74 Å². The first-order valence-electron chi connectivity index (χ1n) is 7.33. The maximum Gasteiger partial charge on any atom is 0.319 e. The van der Waals surface area contributed by atoms with Crippen molar-refractivity contribution in [3.05, 3.63) is 18.2 Å². The number of carbonyl (C=O) groups excluding carboxylic acids is 1. The fourth-order valence-corrected chi connectivity index (χ4v) is 3.08. The number of anilines is 1. The van der Waals surface area contributed by atoms with Crippen molar-refractivity contribution in [1.82, 2.24) is 15.3 Å². The summed E-state index contributed by atoms with van der Waals surface area (Å²) in [6.45, 7) is 0. The van der Waals surface area contributed by atoms with E-state index in [0.717, 1.165) is 25.1 Å². The van der Waals surface area contributed by atoms with Crippen LogP contribution in [0.5, 0.6) is 0 Å². The lowest BCUT2D eigenvalue weighted by Gasteiger charge is -2.20. The largest absolute Gasteiger partial charge is 0.373 e. The average Bonchev–Trinajstić information content (AvgIpc) is 3.09. The maximum atomic E-state index is 11.9. The van der Waals surface area contributed by atoms with Gasteiger partial charge in [-0.1, -0.05) is 0 Å². The minimum absolute atomic E-state index is 0.139. The zero-order valence-corrected chi connectivity index (χ0v) is 11.2. The van der Waals surface area contributed by atoms with E-state index in [1.54, 1.807) is 12.4 Å². The van der Waals surface area contributed by atoms with Gasteiger partial charge in [0.25, 0.3) is 0 Å². The van der Waals surface area contributed by atoms with Crippen LogP contribution in [0.15, 0.2) is 12.4 Å². The third-order valence-corrected chi connectivity index (χ3v) is 4.29. The van der Waals surface area contributed by atoms with Crippen LogP contribution in [-0.4, -0.2) is 34.2 Å². The van der Waals surface area contributed by atoms with Crippen LogP contribution in [0.1, 0.15) is 43.8 Å². The van der Waals surface area contributed by atoms with Crippen molar-refractivity contribution in [2.75, 3.05) is 5.32 Å². The van der Waals surface area contributed by atoms with E-state index in [-0.39, 0.29) is 18.2 Å². The molecular weight excluding hydrogens is 256 g/mol. The van der Waals surface area contributed by atoms with E-state index in [1.807, 2.05) is 0 Å². The fraction of sp³-hybridized carbons (Fsp3) is 0.643. The number of rotatable bonds is 3. The Bertz CT molecular complexity index is 514. The minimum atomic E-state index is -0.200. The first kappa shape index (κ1) is 12.1. The molecule has 2 bridgehead atoms. The summed E-state index contributed by atoms with van der Waals surface area (Å²) in [6.07, 6.45) is 9.35. The summed E-state index contributed by atoms with van der Waals surface area (Å²) in [6, 6.07) is -0.0608. The highest BCUT2D eigenvalue weighted by Crippen LogP contribution is 2.37. The van der Waals surface area contributed by atoms with E-state index >= 15 is 0 Å².